The van der Waals surface area contributed by atoms with Gasteiger partial charge in [-0.1, -0.05) is 62.4 Å². The molecule has 7 heteroatoms. The zero-order valence-corrected chi connectivity index (χ0v) is 20.6. The van der Waals surface area contributed by atoms with Gasteiger partial charge in [0.15, 0.2) is 11.3 Å². The second-order valence-electron chi connectivity index (χ2n) is 8.88. The molecule has 0 saturated heterocycles. The largest absolute Gasteiger partial charge is 0.296 e. The molecular weight excluding hydrogens is 446 g/mol. The van der Waals surface area contributed by atoms with Gasteiger partial charge in [0.05, 0.1) is 16.7 Å². The Labute approximate surface area is 203 Å². The van der Waals surface area contributed by atoms with Crippen molar-refractivity contribution in [2.75, 3.05) is 0 Å². The van der Waals surface area contributed by atoms with Gasteiger partial charge in [0.2, 0.25) is 0 Å². The number of hydrogen-bond acceptors (Lipinski definition) is 4. The number of aryl methyl sites for hydroxylation is 2. The van der Waals surface area contributed by atoms with E-state index in [0.717, 1.165) is 35.1 Å². The molecule has 0 aliphatic rings. The second-order valence-corrected chi connectivity index (χ2v) is 9.29. The van der Waals surface area contributed by atoms with E-state index in [9.17, 15) is 4.79 Å². The minimum atomic E-state index is -0.0652. The number of hydrogen-bond donors (Lipinski definition) is 0. The Morgan fingerprint density at radius 1 is 0.882 bits per heavy atom. The van der Waals surface area contributed by atoms with Crippen molar-refractivity contribution in [3.8, 4) is 5.69 Å². The monoisotopic (exact) mass is 473 g/mol. The number of rotatable bonds is 7. The highest BCUT2D eigenvalue weighted by Gasteiger charge is 2.22. The van der Waals surface area contributed by atoms with Crippen LogP contribution in [0.15, 0.2) is 47.3 Å². The molecule has 174 valence electrons. The molecule has 0 radical (unpaired) electrons. The van der Waals surface area contributed by atoms with Crippen molar-refractivity contribution < 1.29 is 0 Å². The highest BCUT2D eigenvalue weighted by molar-refractivity contribution is 6.31. The predicted octanol–water partition coefficient (Wildman–Crippen LogP) is 6.52. The molecule has 2 aromatic carbocycles. The first kappa shape index (κ1) is 22.5. The lowest BCUT2D eigenvalue weighted by Crippen LogP contribution is -2.24. The molecule has 0 bridgehead atoms. The van der Waals surface area contributed by atoms with Crippen LogP contribution in [0, 0.1) is 13.8 Å². The second kappa shape index (κ2) is 9.18. The van der Waals surface area contributed by atoms with Gasteiger partial charge >= 0.3 is 0 Å². The minimum Gasteiger partial charge on any atom is -0.296 e. The van der Waals surface area contributed by atoms with Gasteiger partial charge in [-0.2, -0.15) is 0 Å². The zero-order valence-electron chi connectivity index (χ0n) is 19.8. The molecule has 5 aromatic rings. The van der Waals surface area contributed by atoms with Gasteiger partial charge in [0.25, 0.3) is 5.56 Å². The summed E-state index contributed by atoms with van der Waals surface area (Å²) in [4.78, 5) is 28.5. The van der Waals surface area contributed by atoms with Gasteiger partial charge in [-0.25, -0.2) is 15.0 Å². The van der Waals surface area contributed by atoms with Crippen LogP contribution in [0.3, 0.4) is 0 Å². The van der Waals surface area contributed by atoms with Crippen molar-refractivity contribution in [2.24, 2.45) is 0 Å². The van der Waals surface area contributed by atoms with Crippen molar-refractivity contribution in [1.82, 2.24) is 24.1 Å². The van der Waals surface area contributed by atoms with Crippen molar-refractivity contribution in [3.63, 3.8) is 0 Å². The summed E-state index contributed by atoms with van der Waals surface area (Å²) in [6.45, 7) is 6.72. The van der Waals surface area contributed by atoms with E-state index in [0.29, 0.717) is 39.6 Å². The number of unbranched alkanes of at least 4 members (excludes halogenated alkanes) is 4. The number of fused-ring (bicyclic) bond motifs is 4. The average molecular weight is 474 g/mol. The number of aromatic nitrogens is 5. The van der Waals surface area contributed by atoms with E-state index >= 15 is 0 Å². The normalized spacial score (nSPS) is 11.8. The fourth-order valence-electron chi connectivity index (χ4n) is 4.53. The van der Waals surface area contributed by atoms with Gasteiger partial charge in [-0.3, -0.25) is 13.9 Å². The lowest BCUT2D eigenvalue weighted by Gasteiger charge is -2.11. The SMILES string of the molecule is CCCCCCCn1c(C)nc2c(c1=O)c1nc3ccccc3nc1n2-c1ccc(C)c(Cl)c1. The van der Waals surface area contributed by atoms with Crippen molar-refractivity contribution in [2.45, 2.75) is 59.4 Å². The molecule has 0 aliphatic heterocycles. The Bertz CT molecular complexity index is 1580. The Balaban J connectivity index is 1.78. The van der Waals surface area contributed by atoms with Crippen LogP contribution in [0.1, 0.15) is 50.4 Å². The molecule has 6 nitrogen and oxygen atoms in total. The van der Waals surface area contributed by atoms with Gasteiger partial charge in [-0.05, 0) is 50.1 Å². The third kappa shape index (κ3) is 3.86. The minimum absolute atomic E-state index is 0.0652. The quantitative estimate of drug-likeness (QED) is 0.252. The molecule has 3 heterocycles. The van der Waals surface area contributed by atoms with E-state index in [1.165, 1.54) is 19.3 Å². The van der Waals surface area contributed by atoms with Crippen LogP contribution in [0.4, 0.5) is 0 Å². The summed E-state index contributed by atoms with van der Waals surface area (Å²) in [6, 6.07) is 13.6. The molecule has 0 amide bonds. The molecule has 0 fully saturated rings. The van der Waals surface area contributed by atoms with Crippen LogP contribution in [0.25, 0.3) is 38.9 Å². The van der Waals surface area contributed by atoms with Crippen LogP contribution in [0.5, 0.6) is 0 Å². The highest BCUT2D eigenvalue weighted by Crippen LogP contribution is 2.30. The Morgan fingerprint density at radius 2 is 1.62 bits per heavy atom. The Hall–Kier alpha value is -3.25. The standard InChI is InChI=1S/C27H28ClN5O/c1-4-5-6-7-10-15-32-18(3)29-25-23(27(32)34)24-26(31-22-12-9-8-11-21(22)30-24)33(25)19-14-13-17(2)20(28)16-19/h8-9,11-14,16H,4-7,10,15H2,1-3H3. The summed E-state index contributed by atoms with van der Waals surface area (Å²) < 4.78 is 3.70. The zero-order chi connectivity index (χ0) is 23.8. The first-order valence-corrected chi connectivity index (χ1v) is 12.3. The summed E-state index contributed by atoms with van der Waals surface area (Å²) in [5, 5.41) is 1.16. The maximum absolute atomic E-state index is 13.8. The molecule has 0 saturated carbocycles. The van der Waals surface area contributed by atoms with E-state index in [1.807, 2.05) is 60.9 Å². The number of para-hydroxylation sites is 2. The third-order valence-electron chi connectivity index (χ3n) is 6.45. The van der Waals surface area contributed by atoms with Crippen LogP contribution in [-0.4, -0.2) is 24.1 Å². The molecule has 5 rings (SSSR count). The van der Waals surface area contributed by atoms with Gasteiger partial charge in [0.1, 0.15) is 16.7 Å². The predicted molar refractivity (Wildman–Crippen MR) is 139 cm³/mol. The fourth-order valence-corrected chi connectivity index (χ4v) is 4.71. The molecular formula is C27H28ClN5O. The van der Waals surface area contributed by atoms with E-state index in [2.05, 4.69) is 6.92 Å². The van der Waals surface area contributed by atoms with E-state index in [-0.39, 0.29) is 5.56 Å². The van der Waals surface area contributed by atoms with E-state index in [4.69, 9.17) is 26.6 Å². The Kier molecular flexibility index (Phi) is 6.09. The number of halogens is 1. The average Bonchev–Trinajstić information content (AvgIpc) is 3.13. The topological polar surface area (TPSA) is 65.6 Å². The maximum Gasteiger partial charge on any atom is 0.265 e. The molecule has 3 aromatic heterocycles. The summed E-state index contributed by atoms with van der Waals surface area (Å²) in [5.41, 5.74) is 4.99. The molecule has 0 spiro atoms. The molecule has 0 N–H and O–H groups in total. The van der Waals surface area contributed by atoms with Crippen LogP contribution >= 0.6 is 11.6 Å². The van der Waals surface area contributed by atoms with Crippen LogP contribution < -0.4 is 5.56 Å². The maximum atomic E-state index is 13.8. The Morgan fingerprint density at radius 3 is 2.35 bits per heavy atom. The van der Waals surface area contributed by atoms with Crippen LogP contribution in [0.2, 0.25) is 5.02 Å². The van der Waals surface area contributed by atoms with Gasteiger partial charge < -0.3 is 0 Å². The number of benzene rings is 2. The van der Waals surface area contributed by atoms with Crippen molar-refractivity contribution in [3.05, 3.63) is 69.2 Å². The van der Waals surface area contributed by atoms with Crippen molar-refractivity contribution >= 4 is 44.8 Å². The molecule has 0 unspecified atom stereocenters. The highest BCUT2D eigenvalue weighted by atomic mass is 35.5. The lowest BCUT2D eigenvalue weighted by molar-refractivity contribution is 0.546. The summed E-state index contributed by atoms with van der Waals surface area (Å²) in [7, 11) is 0. The van der Waals surface area contributed by atoms with Gasteiger partial charge in [-0.15, -0.1) is 0 Å². The lowest BCUT2D eigenvalue weighted by atomic mass is 10.1. The molecule has 34 heavy (non-hydrogen) atoms. The molecule has 0 aliphatic carbocycles. The fraction of sp³-hybridized carbons (Fsp3) is 0.333. The summed E-state index contributed by atoms with van der Waals surface area (Å²) in [6.07, 6.45) is 5.66. The van der Waals surface area contributed by atoms with Gasteiger partial charge in [0, 0.05) is 11.6 Å². The smallest absolute Gasteiger partial charge is 0.265 e. The van der Waals surface area contributed by atoms with Crippen LogP contribution in [-0.2, 0) is 6.54 Å². The third-order valence-corrected chi connectivity index (χ3v) is 6.86. The summed E-state index contributed by atoms with van der Waals surface area (Å²) >= 11 is 6.47. The summed E-state index contributed by atoms with van der Waals surface area (Å²) in [5.74, 6) is 0.694. The van der Waals surface area contributed by atoms with E-state index in [1.54, 1.807) is 4.57 Å². The first-order valence-electron chi connectivity index (χ1n) is 11.9. The number of nitrogens with zero attached hydrogens (tertiary/aromatic N) is 5. The van der Waals surface area contributed by atoms with Crippen molar-refractivity contribution in [1.29, 1.82) is 0 Å². The molecule has 0 atom stereocenters. The first-order chi connectivity index (χ1) is 16.5. The van der Waals surface area contributed by atoms with E-state index < -0.39 is 0 Å².